The Morgan fingerprint density at radius 2 is 1.67 bits per heavy atom. The quantitative estimate of drug-likeness (QED) is 0.840. The molecule has 0 radical (unpaired) electrons. The first-order valence-electron chi connectivity index (χ1n) is 7.02. The number of halogens is 1. The molecule has 0 saturated carbocycles. The average molecular weight is 289 g/mol. The van der Waals surface area contributed by atoms with Gasteiger partial charge in [0, 0.05) is 11.3 Å². The number of rotatable bonds is 5. The van der Waals surface area contributed by atoms with Crippen LogP contribution in [0.25, 0.3) is 11.1 Å². The van der Waals surface area contributed by atoms with Crippen LogP contribution in [0.2, 0.25) is 0 Å². The molecule has 4 heteroatoms. The number of nitrogen functional groups attached to an aromatic ring is 1. The van der Waals surface area contributed by atoms with E-state index in [1.807, 2.05) is 13.8 Å². The number of benzene rings is 2. The largest absolute Gasteiger partial charge is 0.490 e. The molecule has 112 valence electrons. The molecule has 0 atom stereocenters. The van der Waals surface area contributed by atoms with Gasteiger partial charge in [-0.3, -0.25) is 0 Å². The Morgan fingerprint density at radius 1 is 1.00 bits per heavy atom. The minimum absolute atomic E-state index is 0.298. The first-order valence-corrected chi connectivity index (χ1v) is 7.02. The molecule has 2 aromatic carbocycles. The van der Waals surface area contributed by atoms with Gasteiger partial charge in [0.2, 0.25) is 0 Å². The lowest BCUT2D eigenvalue weighted by atomic mass is 10.0. The monoisotopic (exact) mass is 289 g/mol. The van der Waals surface area contributed by atoms with Crippen LogP contribution in [0.5, 0.6) is 11.5 Å². The number of hydrogen-bond acceptors (Lipinski definition) is 3. The molecule has 0 aromatic heterocycles. The predicted octanol–water partition coefficient (Wildman–Crippen LogP) is 4.18. The van der Waals surface area contributed by atoms with Crippen molar-refractivity contribution in [2.45, 2.75) is 20.8 Å². The number of nitrogens with two attached hydrogens (primary N) is 1. The van der Waals surface area contributed by atoms with Crippen molar-refractivity contribution in [2.75, 3.05) is 18.9 Å². The van der Waals surface area contributed by atoms with Crippen LogP contribution < -0.4 is 15.2 Å². The first kappa shape index (κ1) is 15.2. The molecule has 2 aromatic rings. The van der Waals surface area contributed by atoms with Crippen molar-refractivity contribution in [2.24, 2.45) is 0 Å². The third-order valence-corrected chi connectivity index (χ3v) is 3.21. The summed E-state index contributed by atoms with van der Waals surface area (Å²) in [5.41, 5.74) is 8.35. The van der Waals surface area contributed by atoms with Gasteiger partial charge >= 0.3 is 0 Å². The van der Waals surface area contributed by atoms with Crippen LogP contribution >= 0.6 is 0 Å². The van der Waals surface area contributed by atoms with E-state index in [-0.39, 0.29) is 5.82 Å². The fraction of sp³-hybridized carbons (Fsp3) is 0.294. The van der Waals surface area contributed by atoms with E-state index >= 15 is 0 Å². The maximum absolute atomic E-state index is 14.2. The van der Waals surface area contributed by atoms with Crippen LogP contribution in [0.15, 0.2) is 30.3 Å². The maximum Gasteiger partial charge on any atom is 0.161 e. The molecule has 0 fully saturated rings. The summed E-state index contributed by atoms with van der Waals surface area (Å²) in [4.78, 5) is 0. The van der Waals surface area contributed by atoms with Crippen molar-refractivity contribution in [1.29, 1.82) is 0 Å². The van der Waals surface area contributed by atoms with Crippen molar-refractivity contribution in [3.05, 3.63) is 41.7 Å². The zero-order chi connectivity index (χ0) is 15.4. The number of hydrogen-bond donors (Lipinski definition) is 1. The highest BCUT2D eigenvalue weighted by atomic mass is 19.1. The molecule has 0 spiro atoms. The summed E-state index contributed by atoms with van der Waals surface area (Å²) >= 11 is 0. The summed E-state index contributed by atoms with van der Waals surface area (Å²) in [7, 11) is 0. The molecule has 0 aliphatic heterocycles. The molecule has 0 aliphatic carbocycles. The fourth-order valence-electron chi connectivity index (χ4n) is 2.13. The van der Waals surface area contributed by atoms with Crippen LogP contribution in [0.3, 0.4) is 0 Å². The summed E-state index contributed by atoms with van der Waals surface area (Å²) in [6.07, 6.45) is 0. The minimum atomic E-state index is -0.298. The molecule has 21 heavy (non-hydrogen) atoms. The Labute approximate surface area is 124 Å². The number of ether oxygens (including phenoxy) is 2. The molecule has 0 amide bonds. The van der Waals surface area contributed by atoms with E-state index in [4.69, 9.17) is 15.2 Å². The van der Waals surface area contributed by atoms with Crippen molar-refractivity contribution in [3.63, 3.8) is 0 Å². The van der Waals surface area contributed by atoms with Crippen LogP contribution in [0, 0.1) is 12.7 Å². The van der Waals surface area contributed by atoms with Crippen LogP contribution in [0.1, 0.15) is 19.4 Å². The second-order valence-corrected chi connectivity index (χ2v) is 4.72. The fourth-order valence-corrected chi connectivity index (χ4v) is 2.13. The average Bonchev–Trinajstić information content (AvgIpc) is 2.45. The van der Waals surface area contributed by atoms with Gasteiger partial charge in [-0.25, -0.2) is 4.39 Å². The van der Waals surface area contributed by atoms with E-state index < -0.39 is 0 Å². The third-order valence-electron chi connectivity index (χ3n) is 3.21. The van der Waals surface area contributed by atoms with E-state index in [0.717, 1.165) is 5.56 Å². The highest BCUT2D eigenvalue weighted by Gasteiger charge is 2.12. The van der Waals surface area contributed by atoms with Gasteiger partial charge in [0.15, 0.2) is 11.5 Å². The molecule has 0 saturated heterocycles. The van der Waals surface area contributed by atoms with Crippen molar-refractivity contribution < 1.29 is 13.9 Å². The van der Waals surface area contributed by atoms with Crippen LogP contribution in [-0.4, -0.2) is 13.2 Å². The second-order valence-electron chi connectivity index (χ2n) is 4.72. The summed E-state index contributed by atoms with van der Waals surface area (Å²) in [6.45, 7) is 6.65. The van der Waals surface area contributed by atoms with Crippen molar-refractivity contribution in [3.8, 4) is 22.6 Å². The van der Waals surface area contributed by atoms with E-state index in [9.17, 15) is 4.39 Å². The Balaban J connectivity index is 2.49. The number of aryl methyl sites for hydroxylation is 1. The maximum atomic E-state index is 14.2. The van der Waals surface area contributed by atoms with Crippen molar-refractivity contribution in [1.82, 2.24) is 0 Å². The molecule has 0 aliphatic rings. The summed E-state index contributed by atoms with van der Waals surface area (Å²) in [6, 6.07) is 8.47. The Hall–Kier alpha value is -2.23. The Bertz CT molecular complexity index is 641. The smallest absolute Gasteiger partial charge is 0.161 e. The third kappa shape index (κ3) is 3.27. The standard InChI is InChI=1S/C17H20FNO2/c1-4-20-16-7-6-12(9-17(16)21-5-2)13-10-15(19)11(3)8-14(13)18/h6-10H,4-5,19H2,1-3H3. The first-order chi connectivity index (χ1) is 10.1. The lowest BCUT2D eigenvalue weighted by Gasteiger charge is -2.13. The molecular formula is C17H20FNO2. The molecule has 0 heterocycles. The van der Waals surface area contributed by atoms with Gasteiger partial charge < -0.3 is 15.2 Å². The molecule has 3 nitrogen and oxygen atoms in total. The molecule has 0 bridgehead atoms. The van der Waals surface area contributed by atoms with E-state index in [1.165, 1.54) is 6.07 Å². The lowest BCUT2D eigenvalue weighted by molar-refractivity contribution is 0.288. The highest BCUT2D eigenvalue weighted by Crippen LogP contribution is 2.35. The summed E-state index contributed by atoms with van der Waals surface area (Å²) in [5.74, 6) is 0.965. The highest BCUT2D eigenvalue weighted by molar-refractivity contribution is 5.72. The van der Waals surface area contributed by atoms with Crippen LogP contribution in [-0.2, 0) is 0 Å². The molecule has 0 unspecified atom stereocenters. The van der Waals surface area contributed by atoms with Gasteiger partial charge in [-0.1, -0.05) is 6.07 Å². The van der Waals surface area contributed by atoms with Gasteiger partial charge in [-0.15, -0.1) is 0 Å². The predicted molar refractivity (Wildman–Crippen MR) is 83.3 cm³/mol. The Morgan fingerprint density at radius 3 is 2.33 bits per heavy atom. The summed E-state index contributed by atoms with van der Waals surface area (Å²) < 4.78 is 25.2. The normalized spacial score (nSPS) is 10.5. The molecule has 2 N–H and O–H groups in total. The number of anilines is 1. The van der Waals surface area contributed by atoms with Gasteiger partial charge in [-0.05, 0) is 56.2 Å². The second kappa shape index (κ2) is 6.48. The topological polar surface area (TPSA) is 44.5 Å². The zero-order valence-electron chi connectivity index (χ0n) is 12.6. The van der Waals surface area contributed by atoms with E-state index in [0.29, 0.717) is 41.5 Å². The van der Waals surface area contributed by atoms with Gasteiger partial charge in [0.05, 0.1) is 13.2 Å². The zero-order valence-corrected chi connectivity index (χ0v) is 12.6. The molecule has 2 rings (SSSR count). The van der Waals surface area contributed by atoms with Gasteiger partial charge in [0.25, 0.3) is 0 Å². The minimum Gasteiger partial charge on any atom is -0.490 e. The van der Waals surface area contributed by atoms with Crippen LogP contribution in [0.4, 0.5) is 10.1 Å². The van der Waals surface area contributed by atoms with E-state index in [2.05, 4.69) is 0 Å². The SMILES string of the molecule is CCOc1ccc(-c2cc(N)c(C)cc2F)cc1OCC. The summed E-state index contributed by atoms with van der Waals surface area (Å²) in [5, 5.41) is 0. The van der Waals surface area contributed by atoms with E-state index in [1.54, 1.807) is 31.2 Å². The molecular weight excluding hydrogens is 269 g/mol. The van der Waals surface area contributed by atoms with Crippen molar-refractivity contribution >= 4 is 5.69 Å². The lowest BCUT2D eigenvalue weighted by Crippen LogP contribution is -1.99. The van der Waals surface area contributed by atoms with Gasteiger partial charge in [-0.2, -0.15) is 0 Å². The van der Waals surface area contributed by atoms with Gasteiger partial charge in [0.1, 0.15) is 5.82 Å². The Kier molecular flexibility index (Phi) is 4.68.